The van der Waals surface area contributed by atoms with E-state index in [4.69, 9.17) is 11.1 Å². The van der Waals surface area contributed by atoms with E-state index in [1.54, 1.807) is 0 Å². The molecule has 1 aromatic rings. The molecule has 2 heteroatoms. The second kappa shape index (κ2) is 4.05. The smallest absolute Gasteiger partial charge is 0.0383 e. The first-order chi connectivity index (χ1) is 6.86. The molecule has 3 N–H and O–H groups in total. The number of anilines is 1. The Morgan fingerprint density at radius 3 is 2.40 bits per heavy atom. The predicted molar refractivity (Wildman–Crippen MR) is 66.7 cm³/mol. The Morgan fingerprint density at radius 2 is 1.93 bits per heavy atom. The average Bonchev–Trinajstić information content (AvgIpc) is 2.15. The average molecular weight is 204 g/mol. The van der Waals surface area contributed by atoms with Crippen LogP contribution in [0.4, 0.5) is 5.69 Å². The zero-order valence-corrected chi connectivity index (χ0v) is 10.0. The minimum absolute atomic E-state index is 0.0358. The van der Waals surface area contributed by atoms with Gasteiger partial charge in [0.15, 0.2) is 0 Å². The van der Waals surface area contributed by atoms with Crippen LogP contribution in [-0.2, 0) is 5.41 Å². The highest BCUT2D eigenvalue weighted by atomic mass is 14.6. The summed E-state index contributed by atoms with van der Waals surface area (Å²) in [5.74, 6) is 0. The molecule has 0 aliphatic rings. The summed E-state index contributed by atoms with van der Waals surface area (Å²) in [5.41, 5.74) is 9.57. The quantitative estimate of drug-likeness (QED) is 0.563. The van der Waals surface area contributed by atoms with Gasteiger partial charge in [0, 0.05) is 11.4 Å². The molecular weight excluding hydrogens is 184 g/mol. The van der Waals surface area contributed by atoms with Crippen molar-refractivity contribution < 1.29 is 0 Å². The third kappa shape index (κ3) is 2.58. The van der Waals surface area contributed by atoms with Crippen molar-refractivity contribution >= 4 is 11.4 Å². The Balaban J connectivity index is 3.23. The molecule has 0 aromatic heterocycles. The molecule has 0 aliphatic carbocycles. The van der Waals surface area contributed by atoms with Crippen LogP contribution in [0.3, 0.4) is 0 Å². The molecule has 0 heterocycles. The number of nitrogen functional groups attached to an aromatic ring is 1. The highest BCUT2D eigenvalue weighted by Crippen LogP contribution is 2.28. The lowest BCUT2D eigenvalue weighted by Crippen LogP contribution is -2.15. The molecule has 0 saturated heterocycles. The van der Waals surface area contributed by atoms with E-state index in [9.17, 15) is 0 Å². The van der Waals surface area contributed by atoms with Crippen molar-refractivity contribution in [3.05, 3.63) is 29.3 Å². The lowest BCUT2D eigenvalue weighted by Gasteiger charge is -2.22. The summed E-state index contributed by atoms with van der Waals surface area (Å²) in [6, 6.07) is 5.87. The molecule has 2 nitrogen and oxygen atoms in total. The van der Waals surface area contributed by atoms with E-state index < -0.39 is 0 Å². The van der Waals surface area contributed by atoms with Crippen molar-refractivity contribution in [1.29, 1.82) is 5.41 Å². The fourth-order valence-electron chi connectivity index (χ4n) is 1.60. The van der Waals surface area contributed by atoms with Crippen LogP contribution in [0, 0.1) is 5.41 Å². The molecule has 0 saturated carbocycles. The largest absolute Gasteiger partial charge is 0.398 e. The van der Waals surface area contributed by atoms with Crippen molar-refractivity contribution in [3.63, 3.8) is 0 Å². The lowest BCUT2D eigenvalue weighted by molar-refractivity contribution is 0.592. The molecule has 1 rings (SSSR count). The first-order valence-electron chi connectivity index (χ1n) is 5.34. The van der Waals surface area contributed by atoms with Gasteiger partial charge in [-0.3, -0.25) is 0 Å². The fourth-order valence-corrected chi connectivity index (χ4v) is 1.60. The molecule has 0 unspecified atom stereocenters. The predicted octanol–water partition coefficient (Wildman–Crippen LogP) is 3.34. The Bertz CT molecular complexity index is 373. The fraction of sp³-hybridized carbons (Fsp3) is 0.462. The maximum atomic E-state index is 7.81. The first kappa shape index (κ1) is 11.8. The normalized spacial score (nSPS) is 11.5. The molecule has 15 heavy (non-hydrogen) atoms. The van der Waals surface area contributed by atoms with Gasteiger partial charge >= 0.3 is 0 Å². The van der Waals surface area contributed by atoms with Gasteiger partial charge in [-0.05, 0) is 35.1 Å². The van der Waals surface area contributed by atoms with Crippen LogP contribution in [0.5, 0.6) is 0 Å². The molecule has 0 atom stereocenters. The minimum atomic E-state index is 0.0358. The van der Waals surface area contributed by atoms with E-state index in [0.717, 1.165) is 23.2 Å². The van der Waals surface area contributed by atoms with E-state index in [0.29, 0.717) is 5.71 Å². The van der Waals surface area contributed by atoms with Gasteiger partial charge in [-0.1, -0.05) is 33.8 Å². The zero-order valence-electron chi connectivity index (χ0n) is 10.0. The van der Waals surface area contributed by atoms with Crippen molar-refractivity contribution in [2.45, 2.75) is 39.5 Å². The van der Waals surface area contributed by atoms with Gasteiger partial charge in [0.2, 0.25) is 0 Å². The summed E-state index contributed by atoms with van der Waals surface area (Å²) in [6.45, 7) is 8.41. The Hall–Kier alpha value is -1.31. The standard InChI is InChI=1S/C13H20N2/c1-5-11(14)9-6-7-12(15)10(8-9)13(2,3)4/h6-8,14H,5,15H2,1-4H3. The summed E-state index contributed by atoms with van der Waals surface area (Å²) in [4.78, 5) is 0. The van der Waals surface area contributed by atoms with Crippen molar-refractivity contribution in [3.8, 4) is 0 Å². The van der Waals surface area contributed by atoms with Crippen LogP contribution in [0.25, 0.3) is 0 Å². The van der Waals surface area contributed by atoms with Crippen LogP contribution in [0.1, 0.15) is 45.2 Å². The number of rotatable bonds is 2. The molecule has 0 amide bonds. The number of hydrogen-bond acceptors (Lipinski definition) is 2. The van der Waals surface area contributed by atoms with Gasteiger partial charge in [0.25, 0.3) is 0 Å². The van der Waals surface area contributed by atoms with Gasteiger partial charge in [-0.2, -0.15) is 0 Å². The second-order valence-electron chi connectivity index (χ2n) is 4.88. The van der Waals surface area contributed by atoms with Gasteiger partial charge < -0.3 is 11.1 Å². The van der Waals surface area contributed by atoms with E-state index >= 15 is 0 Å². The summed E-state index contributed by atoms with van der Waals surface area (Å²) < 4.78 is 0. The minimum Gasteiger partial charge on any atom is -0.398 e. The topological polar surface area (TPSA) is 49.9 Å². The van der Waals surface area contributed by atoms with E-state index in [1.807, 2.05) is 25.1 Å². The molecule has 82 valence electrons. The van der Waals surface area contributed by atoms with Crippen molar-refractivity contribution in [2.24, 2.45) is 0 Å². The highest BCUT2D eigenvalue weighted by Gasteiger charge is 2.17. The second-order valence-corrected chi connectivity index (χ2v) is 4.88. The Morgan fingerprint density at radius 1 is 1.33 bits per heavy atom. The first-order valence-corrected chi connectivity index (χ1v) is 5.34. The third-order valence-electron chi connectivity index (χ3n) is 2.56. The van der Waals surface area contributed by atoms with Crippen LogP contribution >= 0.6 is 0 Å². The summed E-state index contributed by atoms with van der Waals surface area (Å²) in [6.07, 6.45) is 0.757. The maximum absolute atomic E-state index is 7.81. The molecule has 0 spiro atoms. The lowest BCUT2D eigenvalue weighted by atomic mass is 9.84. The van der Waals surface area contributed by atoms with Crippen LogP contribution < -0.4 is 5.73 Å². The molecular formula is C13H20N2. The summed E-state index contributed by atoms with van der Waals surface area (Å²) in [5, 5.41) is 7.81. The molecule has 1 aromatic carbocycles. The van der Waals surface area contributed by atoms with Crippen molar-refractivity contribution in [1.82, 2.24) is 0 Å². The van der Waals surface area contributed by atoms with E-state index in [-0.39, 0.29) is 5.41 Å². The number of nitrogens with one attached hydrogen (secondary N) is 1. The van der Waals surface area contributed by atoms with Gasteiger partial charge in [-0.25, -0.2) is 0 Å². The SMILES string of the molecule is CCC(=N)c1ccc(N)c(C(C)(C)C)c1. The van der Waals surface area contributed by atoms with E-state index in [2.05, 4.69) is 20.8 Å². The van der Waals surface area contributed by atoms with Gasteiger partial charge in [0.05, 0.1) is 0 Å². The van der Waals surface area contributed by atoms with Crippen LogP contribution in [-0.4, -0.2) is 5.71 Å². The van der Waals surface area contributed by atoms with Gasteiger partial charge in [0.1, 0.15) is 0 Å². The highest BCUT2D eigenvalue weighted by molar-refractivity contribution is 5.98. The summed E-state index contributed by atoms with van der Waals surface area (Å²) >= 11 is 0. The molecule has 0 radical (unpaired) electrons. The van der Waals surface area contributed by atoms with E-state index in [1.165, 1.54) is 0 Å². The summed E-state index contributed by atoms with van der Waals surface area (Å²) in [7, 11) is 0. The van der Waals surface area contributed by atoms with Crippen molar-refractivity contribution in [2.75, 3.05) is 5.73 Å². The molecule has 0 aliphatic heterocycles. The maximum Gasteiger partial charge on any atom is 0.0383 e. The Kier molecular flexibility index (Phi) is 3.18. The third-order valence-corrected chi connectivity index (χ3v) is 2.56. The Labute approximate surface area is 92.0 Å². The zero-order chi connectivity index (χ0) is 11.6. The van der Waals surface area contributed by atoms with Crippen LogP contribution in [0.15, 0.2) is 18.2 Å². The van der Waals surface area contributed by atoms with Gasteiger partial charge in [-0.15, -0.1) is 0 Å². The number of hydrogen-bond donors (Lipinski definition) is 2. The molecule has 0 bridgehead atoms. The number of benzene rings is 1. The molecule has 0 fully saturated rings. The monoisotopic (exact) mass is 204 g/mol. The number of nitrogens with two attached hydrogens (primary N) is 1. The van der Waals surface area contributed by atoms with Crippen LogP contribution in [0.2, 0.25) is 0 Å².